The molecular formula is C15H27NO3. The second kappa shape index (κ2) is 5.51. The lowest BCUT2D eigenvalue weighted by molar-refractivity contribution is -0.146. The standard InChI is InChI=1S/C15H27NO3/c1-5-14(2,16(3)4)13(17)12-6-8-19-15(10-12)7-9-18-11-15/h12H,5-11H2,1-4H3. The topological polar surface area (TPSA) is 38.8 Å². The highest BCUT2D eigenvalue weighted by molar-refractivity contribution is 5.90. The summed E-state index contributed by atoms with van der Waals surface area (Å²) in [6, 6.07) is 0. The van der Waals surface area contributed by atoms with E-state index in [1.165, 1.54) is 0 Å². The molecule has 0 aromatic rings. The van der Waals surface area contributed by atoms with E-state index in [0.717, 1.165) is 32.3 Å². The summed E-state index contributed by atoms with van der Waals surface area (Å²) in [6.45, 7) is 6.25. The summed E-state index contributed by atoms with van der Waals surface area (Å²) < 4.78 is 11.4. The van der Waals surface area contributed by atoms with Gasteiger partial charge >= 0.3 is 0 Å². The van der Waals surface area contributed by atoms with Crippen molar-refractivity contribution in [1.82, 2.24) is 4.90 Å². The highest BCUT2D eigenvalue weighted by Gasteiger charge is 2.46. The maximum absolute atomic E-state index is 12.9. The zero-order valence-electron chi connectivity index (χ0n) is 12.7. The van der Waals surface area contributed by atoms with Gasteiger partial charge in [0.05, 0.1) is 17.7 Å². The minimum Gasteiger partial charge on any atom is -0.378 e. The Hall–Kier alpha value is -0.450. The first-order chi connectivity index (χ1) is 8.93. The van der Waals surface area contributed by atoms with Gasteiger partial charge in [0, 0.05) is 25.6 Å². The van der Waals surface area contributed by atoms with Crippen LogP contribution >= 0.6 is 0 Å². The molecule has 0 aromatic heterocycles. The first-order valence-electron chi connectivity index (χ1n) is 7.37. The summed E-state index contributed by atoms with van der Waals surface area (Å²) in [7, 11) is 3.99. The van der Waals surface area contributed by atoms with Gasteiger partial charge in [0.1, 0.15) is 0 Å². The van der Waals surface area contributed by atoms with Crippen LogP contribution in [0.3, 0.4) is 0 Å². The largest absolute Gasteiger partial charge is 0.378 e. The summed E-state index contributed by atoms with van der Waals surface area (Å²) >= 11 is 0. The molecule has 0 N–H and O–H groups in total. The molecule has 2 aliphatic heterocycles. The fourth-order valence-electron chi connectivity index (χ4n) is 3.27. The van der Waals surface area contributed by atoms with Crippen molar-refractivity contribution in [3.63, 3.8) is 0 Å². The Morgan fingerprint density at radius 3 is 2.68 bits per heavy atom. The van der Waals surface area contributed by atoms with Crippen LogP contribution in [0.15, 0.2) is 0 Å². The molecule has 0 bridgehead atoms. The van der Waals surface area contributed by atoms with Crippen LogP contribution in [-0.2, 0) is 14.3 Å². The smallest absolute Gasteiger partial charge is 0.156 e. The Morgan fingerprint density at radius 1 is 1.42 bits per heavy atom. The minimum absolute atomic E-state index is 0.114. The average molecular weight is 269 g/mol. The van der Waals surface area contributed by atoms with Gasteiger partial charge in [-0.15, -0.1) is 0 Å². The molecule has 4 heteroatoms. The van der Waals surface area contributed by atoms with Crippen LogP contribution in [-0.4, -0.2) is 55.7 Å². The third-order valence-corrected chi connectivity index (χ3v) is 5.14. The fraction of sp³-hybridized carbons (Fsp3) is 0.933. The van der Waals surface area contributed by atoms with Gasteiger partial charge in [-0.3, -0.25) is 9.69 Å². The first-order valence-corrected chi connectivity index (χ1v) is 7.37. The normalized spacial score (nSPS) is 34.7. The maximum atomic E-state index is 12.9. The Bertz CT molecular complexity index is 336. The van der Waals surface area contributed by atoms with Gasteiger partial charge in [-0.05, 0) is 40.3 Å². The van der Waals surface area contributed by atoms with E-state index in [4.69, 9.17) is 9.47 Å². The summed E-state index contributed by atoms with van der Waals surface area (Å²) in [4.78, 5) is 15.0. The predicted molar refractivity (Wildman–Crippen MR) is 74.2 cm³/mol. The van der Waals surface area contributed by atoms with E-state index in [1.54, 1.807) is 0 Å². The Kier molecular flexibility index (Phi) is 4.33. The van der Waals surface area contributed by atoms with Crippen LogP contribution in [0.25, 0.3) is 0 Å². The number of ether oxygens (including phenoxy) is 2. The molecule has 2 aliphatic rings. The summed E-state index contributed by atoms with van der Waals surface area (Å²) in [6.07, 6.45) is 3.46. The molecule has 2 fully saturated rings. The van der Waals surface area contributed by atoms with E-state index >= 15 is 0 Å². The van der Waals surface area contributed by atoms with Crippen molar-refractivity contribution in [3.05, 3.63) is 0 Å². The van der Waals surface area contributed by atoms with Gasteiger partial charge in [-0.2, -0.15) is 0 Å². The third kappa shape index (κ3) is 2.71. The van der Waals surface area contributed by atoms with Crippen molar-refractivity contribution in [3.8, 4) is 0 Å². The highest BCUT2D eigenvalue weighted by Crippen LogP contribution is 2.38. The quantitative estimate of drug-likeness (QED) is 0.781. The summed E-state index contributed by atoms with van der Waals surface area (Å²) in [5.74, 6) is 0.484. The summed E-state index contributed by atoms with van der Waals surface area (Å²) in [5, 5.41) is 0. The van der Waals surface area contributed by atoms with Crippen molar-refractivity contribution in [2.75, 3.05) is 33.9 Å². The molecule has 2 saturated heterocycles. The molecule has 0 radical (unpaired) electrons. The molecule has 4 nitrogen and oxygen atoms in total. The first kappa shape index (κ1) is 14.9. The number of ketones is 1. The number of hydrogen-bond donors (Lipinski definition) is 0. The number of Topliss-reactive ketones (excluding diaryl/α,β-unsaturated/α-hetero) is 1. The summed E-state index contributed by atoms with van der Waals surface area (Å²) in [5.41, 5.74) is -0.539. The Balaban J connectivity index is 2.10. The maximum Gasteiger partial charge on any atom is 0.156 e. The molecule has 3 atom stereocenters. The lowest BCUT2D eigenvalue weighted by atomic mass is 9.76. The van der Waals surface area contributed by atoms with Gasteiger partial charge in [-0.1, -0.05) is 6.92 Å². The number of likely N-dealkylation sites (N-methyl/N-ethyl adjacent to an activating group) is 1. The number of hydrogen-bond acceptors (Lipinski definition) is 4. The van der Waals surface area contributed by atoms with Crippen molar-refractivity contribution in [1.29, 1.82) is 0 Å². The predicted octanol–water partition coefficient (Wildman–Crippen LogP) is 1.87. The van der Waals surface area contributed by atoms with E-state index in [0.29, 0.717) is 19.0 Å². The van der Waals surface area contributed by atoms with Gasteiger partial charge in [0.25, 0.3) is 0 Å². The number of carbonyl (C=O) groups excluding carboxylic acids is 1. The van der Waals surface area contributed by atoms with Crippen LogP contribution in [0.4, 0.5) is 0 Å². The molecule has 3 unspecified atom stereocenters. The minimum atomic E-state index is -0.358. The van der Waals surface area contributed by atoms with Gasteiger partial charge in [0.15, 0.2) is 5.78 Å². The van der Waals surface area contributed by atoms with E-state index < -0.39 is 0 Å². The zero-order chi connectivity index (χ0) is 14.1. The fourth-order valence-corrected chi connectivity index (χ4v) is 3.27. The van der Waals surface area contributed by atoms with Crippen molar-refractivity contribution >= 4 is 5.78 Å². The molecule has 0 amide bonds. The van der Waals surface area contributed by atoms with Crippen molar-refractivity contribution in [2.45, 2.75) is 50.7 Å². The van der Waals surface area contributed by atoms with Crippen LogP contribution < -0.4 is 0 Å². The SMILES string of the molecule is CCC(C)(C(=O)C1CCOC2(CCOC2)C1)N(C)C. The van der Waals surface area contributed by atoms with Gasteiger partial charge in [0.2, 0.25) is 0 Å². The molecule has 2 heterocycles. The van der Waals surface area contributed by atoms with Crippen LogP contribution in [0.1, 0.15) is 39.5 Å². The average Bonchev–Trinajstić information content (AvgIpc) is 2.84. The highest BCUT2D eigenvalue weighted by atomic mass is 16.6. The molecule has 0 aromatic carbocycles. The molecule has 0 saturated carbocycles. The molecule has 0 aliphatic carbocycles. The van der Waals surface area contributed by atoms with Crippen LogP contribution in [0, 0.1) is 5.92 Å². The van der Waals surface area contributed by atoms with Crippen molar-refractivity contribution < 1.29 is 14.3 Å². The Morgan fingerprint density at radius 2 is 2.16 bits per heavy atom. The van der Waals surface area contributed by atoms with Gasteiger partial charge in [-0.25, -0.2) is 0 Å². The molecule has 19 heavy (non-hydrogen) atoms. The van der Waals surface area contributed by atoms with E-state index in [2.05, 4.69) is 18.7 Å². The van der Waals surface area contributed by atoms with E-state index in [-0.39, 0.29) is 17.1 Å². The number of rotatable bonds is 4. The lowest BCUT2D eigenvalue weighted by Gasteiger charge is -2.42. The number of nitrogens with zero attached hydrogens (tertiary/aromatic N) is 1. The molecule has 110 valence electrons. The monoisotopic (exact) mass is 269 g/mol. The molecular weight excluding hydrogens is 242 g/mol. The second-order valence-electron chi connectivity index (χ2n) is 6.41. The lowest BCUT2D eigenvalue weighted by Crippen LogP contribution is -2.53. The van der Waals surface area contributed by atoms with E-state index in [1.807, 2.05) is 14.1 Å². The zero-order valence-corrected chi connectivity index (χ0v) is 12.7. The van der Waals surface area contributed by atoms with Crippen LogP contribution in [0.5, 0.6) is 0 Å². The molecule has 2 rings (SSSR count). The second-order valence-corrected chi connectivity index (χ2v) is 6.41. The molecule has 1 spiro atoms. The van der Waals surface area contributed by atoms with E-state index in [9.17, 15) is 4.79 Å². The number of carbonyl (C=O) groups is 1. The van der Waals surface area contributed by atoms with Crippen LogP contribution in [0.2, 0.25) is 0 Å². The van der Waals surface area contributed by atoms with Gasteiger partial charge < -0.3 is 9.47 Å². The third-order valence-electron chi connectivity index (χ3n) is 5.14. The Labute approximate surface area is 116 Å². The van der Waals surface area contributed by atoms with Crippen molar-refractivity contribution in [2.24, 2.45) is 5.92 Å².